The van der Waals surface area contributed by atoms with Gasteiger partial charge in [0.25, 0.3) is 0 Å². The molecule has 0 amide bonds. The second-order valence-electron chi connectivity index (χ2n) is 4.88. The van der Waals surface area contributed by atoms with Crippen molar-refractivity contribution >= 4 is 21.5 Å². The van der Waals surface area contributed by atoms with Crippen molar-refractivity contribution in [3.63, 3.8) is 0 Å². The summed E-state index contributed by atoms with van der Waals surface area (Å²) in [5, 5.41) is 5.46. The maximum absolute atomic E-state index is 2.36. The van der Waals surface area contributed by atoms with Crippen LogP contribution in [0.5, 0.6) is 0 Å². The van der Waals surface area contributed by atoms with Crippen molar-refractivity contribution in [2.75, 3.05) is 0 Å². The Morgan fingerprint density at radius 1 is 0.722 bits per heavy atom. The van der Waals surface area contributed by atoms with Gasteiger partial charge in [-0.25, -0.2) is 0 Å². The molecule has 0 saturated carbocycles. The zero-order valence-corrected chi connectivity index (χ0v) is 11.0. The van der Waals surface area contributed by atoms with E-state index in [0.717, 1.165) is 12.8 Å². The lowest BCUT2D eigenvalue weighted by molar-refractivity contribution is 1.10. The lowest BCUT2D eigenvalue weighted by Gasteiger charge is -2.09. The van der Waals surface area contributed by atoms with Crippen molar-refractivity contribution in [3.8, 4) is 0 Å². The summed E-state index contributed by atoms with van der Waals surface area (Å²) in [4.78, 5) is 0. The van der Waals surface area contributed by atoms with Crippen LogP contribution in [0, 0.1) is 0 Å². The van der Waals surface area contributed by atoms with Crippen LogP contribution in [-0.2, 0) is 12.8 Å². The molecular weight excluding hydrogens is 216 g/mol. The predicted molar refractivity (Wildman–Crippen MR) is 80.2 cm³/mol. The van der Waals surface area contributed by atoms with E-state index in [-0.39, 0.29) is 0 Å². The predicted octanol–water partition coefficient (Wildman–Crippen LogP) is 5.12. The lowest BCUT2D eigenvalue weighted by atomic mass is 9.95. The van der Waals surface area contributed by atoms with Crippen molar-refractivity contribution in [1.29, 1.82) is 0 Å². The average molecular weight is 234 g/mol. The highest BCUT2D eigenvalue weighted by molar-refractivity contribution is 5.99. The van der Waals surface area contributed by atoms with Crippen LogP contribution in [0.4, 0.5) is 0 Å². The number of aryl methyl sites for hydroxylation is 2. The minimum Gasteiger partial charge on any atom is -0.0616 e. The van der Waals surface area contributed by atoms with Crippen LogP contribution in [0.1, 0.15) is 25.0 Å². The molecule has 0 fully saturated rings. The van der Waals surface area contributed by atoms with Gasteiger partial charge in [-0.1, -0.05) is 50.2 Å². The smallest absolute Gasteiger partial charge is 0.0145 e. The van der Waals surface area contributed by atoms with E-state index in [1.807, 2.05) is 0 Å². The van der Waals surface area contributed by atoms with Gasteiger partial charge >= 0.3 is 0 Å². The highest BCUT2D eigenvalue weighted by atomic mass is 14.1. The largest absolute Gasteiger partial charge is 0.0616 e. The fraction of sp³-hybridized carbons (Fsp3) is 0.222. The van der Waals surface area contributed by atoms with Gasteiger partial charge in [-0.3, -0.25) is 0 Å². The molecule has 0 unspecified atom stereocenters. The molecule has 3 rings (SSSR count). The van der Waals surface area contributed by atoms with Crippen molar-refractivity contribution < 1.29 is 0 Å². The summed E-state index contributed by atoms with van der Waals surface area (Å²) in [7, 11) is 0. The van der Waals surface area contributed by atoms with Gasteiger partial charge in [0.15, 0.2) is 0 Å². The van der Waals surface area contributed by atoms with Crippen LogP contribution >= 0.6 is 0 Å². The summed E-state index contributed by atoms with van der Waals surface area (Å²) in [6, 6.07) is 18.0. The molecule has 0 radical (unpaired) electrons. The highest BCUT2D eigenvalue weighted by Gasteiger charge is 2.04. The van der Waals surface area contributed by atoms with Gasteiger partial charge in [0, 0.05) is 0 Å². The van der Waals surface area contributed by atoms with Gasteiger partial charge < -0.3 is 0 Å². The minimum atomic E-state index is 1.10. The van der Waals surface area contributed by atoms with Crippen LogP contribution in [0.2, 0.25) is 0 Å². The Kier molecular flexibility index (Phi) is 2.79. The van der Waals surface area contributed by atoms with Crippen LogP contribution in [0.3, 0.4) is 0 Å². The average Bonchev–Trinajstić information content (AvgIpc) is 2.43. The molecule has 0 aliphatic rings. The summed E-state index contributed by atoms with van der Waals surface area (Å²) in [5.74, 6) is 0. The fourth-order valence-corrected chi connectivity index (χ4v) is 2.69. The summed E-state index contributed by atoms with van der Waals surface area (Å²) >= 11 is 0. The molecule has 0 bridgehead atoms. The molecule has 0 aliphatic carbocycles. The van der Waals surface area contributed by atoms with Gasteiger partial charge in [-0.2, -0.15) is 0 Å². The molecule has 0 heteroatoms. The molecule has 0 aliphatic heterocycles. The molecule has 18 heavy (non-hydrogen) atoms. The van der Waals surface area contributed by atoms with E-state index in [1.165, 1.54) is 32.7 Å². The monoisotopic (exact) mass is 234 g/mol. The van der Waals surface area contributed by atoms with E-state index >= 15 is 0 Å². The van der Waals surface area contributed by atoms with E-state index in [9.17, 15) is 0 Å². The lowest BCUT2D eigenvalue weighted by Crippen LogP contribution is -1.89. The third-order valence-electron chi connectivity index (χ3n) is 3.75. The summed E-state index contributed by atoms with van der Waals surface area (Å²) in [5.41, 5.74) is 2.91. The second kappa shape index (κ2) is 4.45. The summed E-state index contributed by atoms with van der Waals surface area (Å²) < 4.78 is 0. The van der Waals surface area contributed by atoms with Crippen LogP contribution in [0.15, 0.2) is 48.5 Å². The Morgan fingerprint density at radius 3 is 2.11 bits per heavy atom. The Balaban J connectivity index is 2.41. The summed E-state index contributed by atoms with van der Waals surface area (Å²) in [6.07, 6.45) is 2.21. The number of hydrogen-bond acceptors (Lipinski definition) is 0. The second-order valence-corrected chi connectivity index (χ2v) is 4.88. The van der Waals surface area contributed by atoms with E-state index in [4.69, 9.17) is 0 Å². The Bertz CT molecular complexity index is 708. The SMILES string of the molecule is CCc1cc(CC)c2cc3ccccc3cc2c1. The standard InChI is InChI=1S/C18H18/c1-3-13-9-14(4-2)18-12-16-8-6-5-7-15(16)11-17(18)10-13/h5-12H,3-4H2,1-2H3. The number of hydrogen-bond donors (Lipinski definition) is 0. The first-order valence-electron chi connectivity index (χ1n) is 6.76. The molecule has 3 aromatic rings. The van der Waals surface area contributed by atoms with E-state index in [1.54, 1.807) is 0 Å². The Hall–Kier alpha value is -1.82. The quantitative estimate of drug-likeness (QED) is 0.540. The van der Waals surface area contributed by atoms with Gasteiger partial charge in [0.1, 0.15) is 0 Å². The zero-order valence-electron chi connectivity index (χ0n) is 11.0. The maximum atomic E-state index is 2.36. The molecule has 0 nitrogen and oxygen atoms in total. The highest BCUT2D eigenvalue weighted by Crippen LogP contribution is 2.27. The molecule has 0 saturated heterocycles. The molecule has 0 aromatic heterocycles. The van der Waals surface area contributed by atoms with Crippen molar-refractivity contribution in [2.45, 2.75) is 26.7 Å². The Morgan fingerprint density at radius 2 is 1.44 bits per heavy atom. The van der Waals surface area contributed by atoms with Gasteiger partial charge in [0.2, 0.25) is 0 Å². The molecule has 0 N–H and O–H groups in total. The van der Waals surface area contributed by atoms with E-state index in [2.05, 4.69) is 62.4 Å². The minimum absolute atomic E-state index is 1.10. The van der Waals surface area contributed by atoms with Gasteiger partial charge in [-0.15, -0.1) is 0 Å². The molecule has 3 aromatic carbocycles. The Labute approximate surface area is 108 Å². The number of rotatable bonds is 2. The topological polar surface area (TPSA) is 0 Å². The molecular formula is C18H18. The fourth-order valence-electron chi connectivity index (χ4n) is 2.69. The van der Waals surface area contributed by atoms with Crippen LogP contribution < -0.4 is 0 Å². The number of benzene rings is 3. The molecule has 0 spiro atoms. The van der Waals surface area contributed by atoms with E-state index < -0.39 is 0 Å². The normalized spacial score (nSPS) is 11.2. The molecule has 0 atom stereocenters. The molecule has 0 heterocycles. The van der Waals surface area contributed by atoms with Crippen molar-refractivity contribution in [1.82, 2.24) is 0 Å². The van der Waals surface area contributed by atoms with Gasteiger partial charge in [0.05, 0.1) is 0 Å². The zero-order chi connectivity index (χ0) is 12.5. The third-order valence-corrected chi connectivity index (χ3v) is 3.75. The van der Waals surface area contributed by atoms with E-state index in [0.29, 0.717) is 0 Å². The van der Waals surface area contributed by atoms with Crippen LogP contribution in [-0.4, -0.2) is 0 Å². The van der Waals surface area contributed by atoms with Gasteiger partial charge in [-0.05, 0) is 57.6 Å². The first-order chi connectivity index (χ1) is 8.81. The third kappa shape index (κ3) is 1.78. The summed E-state index contributed by atoms with van der Waals surface area (Å²) in [6.45, 7) is 4.46. The van der Waals surface area contributed by atoms with Crippen LogP contribution in [0.25, 0.3) is 21.5 Å². The maximum Gasteiger partial charge on any atom is -0.0145 e. The first-order valence-corrected chi connectivity index (χ1v) is 6.76. The first kappa shape index (κ1) is 11.3. The molecule has 90 valence electrons. The van der Waals surface area contributed by atoms with Crippen molar-refractivity contribution in [2.24, 2.45) is 0 Å². The number of fused-ring (bicyclic) bond motifs is 2. The van der Waals surface area contributed by atoms with Crippen molar-refractivity contribution in [3.05, 3.63) is 59.7 Å².